The SMILES string of the molecule is COc1ccc(S(=O)(=O)Oc2cccc(/C=N\N=C3\NC(=O)[C@@H](CC(=O)O)S3)c2)cc1. The zero-order valence-corrected chi connectivity index (χ0v) is 17.7. The number of nitrogens with zero attached hydrogens (tertiary/aromatic N) is 2. The van der Waals surface area contributed by atoms with E-state index in [-0.39, 0.29) is 22.2 Å². The number of carboxylic acid groups (broad SMARTS) is 1. The van der Waals surface area contributed by atoms with Crippen molar-refractivity contribution in [2.24, 2.45) is 10.2 Å². The van der Waals surface area contributed by atoms with Crippen molar-refractivity contribution in [2.45, 2.75) is 16.6 Å². The number of hydrogen-bond donors (Lipinski definition) is 2. The molecule has 0 aliphatic carbocycles. The summed E-state index contributed by atoms with van der Waals surface area (Å²) in [6.07, 6.45) is 1.03. The maximum Gasteiger partial charge on any atom is 0.339 e. The fourth-order valence-electron chi connectivity index (χ4n) is 2.46. The molecule has 0 bridgehead atoms. The second kappa shape index (κ2) is 9.62. The highest BCUT2D eigenvalue weighted by Gasteiger charge is 2.32. The van der Waals surface area contributed by atoms with Crippen molar-refractivity contribution in [3.05, 3.63) is 54.1 Å². The molecule has 3 rings (SSSR count). The number of amidine groups is 1. The third-order valence-electron chi connectivity index (χ3n) is 3.90. The lowest BCUT2D eigenvalue weighted by Crippen LogP contribution is -2.26. The molecule has 31 heavy (non-hydrogen) atoms. The number of carbonyl (C=O) groups is 2. The van der Waals surface area contributed by atoms with Gasteiger partial charge >= 0.3 is 16.1 Å². The maximum atomic E-state index is 12.4. The van der Waals surface area contributed by atoms with Crippen LogP contribution in [0.2, 0.25) is 0 Å². The minimum atomic E-state index is -4.04. The number of ether oxygens (including phenoxy) is 1. The molecular weight excluding hydrogens is 446 g/mol. The summed E-state index contributed by atoms with van der Waals surface area (Å²) in [6.45, 7) is 0. The Morgan fingerprint density at radius 2 is 1.97 bits per heavy atom. The summed E-state index contributed by atoms with van der Waals surface area (Å²) in [7, 11) is -2.56. The van der Waals surface area contributed by atoms with Crippen molar-refractivity contribution in [3.63, 3.8) is 0 Å². The van der Waals surface area contributed by atoms with E-state index in [1.54, 1.807) is 12.1 Å². The molecule has 1 saturated heterocycles. The highest BCUT2D eigenvalue weighted by atomic mass is 32.2. The van der Waals surface area contributed by atoms with E-state index in [0.29, 0.717) is 11.3 Å². The summed E-state index contributed by atoms with van der Waals surface area (Å²) in [5.41, 5.74) is 0.503. The standard InChI is InChI=1S/C19H17N3O7S2/c1-28-13-5-7-15(8-6-13)31(26,27)29-14-4-2-3-12(9-14)11-20-22-19-21-18(25)16(30-19)10-17(23)24/h2-9,11,16H,10H2,1H3,(H,23,24)(H,21,22,25)/b20-11-/t16-/m1/s1. The van der Waals surface area contributed by atoms with Gasteiger partial charge in [-0.2, -0.15) is 13.5 Å². The Labute approximate surface area is 182 Å². The second-order valence-corrected chi connectivity index (χ2v) is 8.87. The number of nitrogens with one attached hydrogen (secondary N) is 1. The summed E-state index contributed by atoms with van der Waals surface area (Å²) in [5.74, 6) is -0.929. The number of thioether (sulfide) groups is 1. The van der Waals surface area contributed by atoms with Gasteiger partial charge in [0.1, 0.15) is 21.6 Å². The Kier molecular flexibility index (Phi) is 6.92. The average Bonchev–Trinajstić information content (AvgIpc) is 3.06. The van der Waals surface area contributed by atoms with Crippen molar-refractivity contribution < 1.29 is 32.0 Å². The number of hydrogen-bond acceptors (Lipinski definition) is 9. The molecule has 162 valence electrons. The third kappa shape index (κ3) is 6.06. The molecule has 1 aliphatic heterocycles. The van der Waals surface area contributed by atoms with Crippen LogP contribution in [0.5, 0.6) is 11.5 Å². The quantitative estimate of drug-likeness (QED) is 0.343. The lowest BCUT2D eigenvalue weighted by Gasteiger charge is -2.08. The van der Waals surface area contributed by atoms with E-state index in [4.69, 9.17) is 14.0 Å². The lowest BCUT2D eigenvalue weighted by molar-refractivity contribution is -0.138. The molecule has 0 aromatic heterocycles. The van der Waals surface area contributed by atoms with E-state index in [0.717, 1.165) is 11.8 Å². The zero-order valence-electron chi connectivity index (χ0n) is 16.1. The van der Waals surface area contributed by atoms with E-state index in [2.05, 4.69) is 15.5 Å². The smallest absolute Gasteiger partial charge is 0.339 e. The van der Waals surface area contributed by atoms with E-state index in [9.17, 15) is 18.0 Å². The maximum absolute atomic E-state index is 12.4. The van der Waals surface area contributed by atoms with Gasteiger partial charge in [0.05, 0.1) is 19.7 Å². The number of carboxylic acids is 1. The summed E-state index contributed by atoms with van der Waals surface area (Å²) in [5, 5.41) is 18.4. The monoisotopic (exact) mass is 463 g/mol. The fraction of sp³-hybridized carbons (Fsp3) is 0.158. The van der Waals surface area contributed by atoms with Crippen LogP contribution in [-0.2, 0) is 19.7 Å². The molecule has 1 aliphatic rings. The summed E-state index contributed by atoms with van der Waals surface area (Å²) >= 11 is 0.975. The number of methoxy groups -OCH3 is 1. The van der Waals surface area contributed by atoms with Crippen LogP contribution >= 0.6 is 11.8 Å². The van der Waals surface area contributed by atoms with E-state index in [1.165, 1.54) is 49.7 Å². The zero-order chi connectivity index (χ0) is 22.4. The first kappa shape index (κ1) is 22.3. The first-order chi connectivity index (χ1) is 14.8. The Morgan fingerprint density at radius 3 is 2.65 bits per heavy atom. The van der Waals surface area contributed by atoms with Gasteiger partial charge in [-0.25, -0.2) is 0 Å². The largest absolute Gasteiger partial charge is 0.497 e. The molecule has 0 saturated carbocycles. The average molecular weight is 463 g/mol. The molecule has 2 N–H and O–H groups in total. The van der Waals surface area contributed by atoms with Crippen molar-refractivity contribution in [3.8, 4) is 11.5 Å². The van der Waals surface area contributed by atoms with Crippen LogP contribution in [0.25, 0.3) is 0 Å². The molecule has 12 heteroatoms. The highest BCUT2D eigenvalue weighted by Crippen LogP contribution is 2.23. The van der Waals surface area contributed by atoms with Gasteiger partial charge in [0.15, 0.2) is 5.17 Å². The minimum absolute atomic E-state index is 0.0244. The van der Waals surface area contributed by atoms with Crippen molar-refractivity contribution >= 4 is 45.1 Å². The van der Waals surface area contributed by atoms with Gasteiger partial charge in [0.25, 0.3) is 0 Å². The van der Waals surface area contributed by atoms with Gasteiger partial charge in [-0.15, -0.1) is 5.10 Å². The number of aliphatic carboxylic acids is 1. The number of carbonyl (C=O) groups excluding carboxylic acids is 1. The van der Waals surface area contributed by atoms with Crippen molar-refractivity contribution in [2.75, 3.05) is 7.11 Å². The predicted octanol–water partition coefficient (Wildman–Crippen LogP) is 1.86. The predicted molar refractivity (Wildman–Crippen MR) is 114 cm³/mol. The molecule has 10 nitrogen and oxygen atoms in total. The van der Waals surface area contributed by atoms with Gasteiger partial charge in [-0.1, -0.05) is 23.9 Å². The number of rotatable bonds is 8. The lowest BCUT2D eigenvalue weighted by atomic mass is 10.2. The molecule has 1 heterocycles. The van der Waals surface area contributed by atoms with Crippen LogP contribution in [0.1, 0.15) is 12.0 Å². The second-order valence-electron chi connectivity index (χ2n) is 6.13. The normalized spacial score (nSPS) is 17.6. The van der Waals surface area contributed by atoms with Gasteiger partial charge in [-0.3, -0.25) is 9.59 Å². The Bertz CT molecular complexity index is 1150. The van der Waals surface area contributed by atoms with Crippen LogP contribution in [0.3, 0.4) is 0 Å². The van der Waals surface area contributed by atoms with Crippen LogP contribution < -0.4 is 14.2 Å². The Balaban J connectivity index is 1.67. The summed E-state index contributed by atoms with van der Waals surface area (Å²) < 4.78 is 35.0. The molecule has 1 fully saturated rings. The van der Waals surface area contributed by atoms with Crippen molar-refractivity contribution in [1.82, 2.24) is 5.32 Å². The van der Waals surface area contributed by atoms with Gasteiger partial charge in [0, 0.05) is 0 Å². The first-order valence-corrected chi connectivity index (χ1v) is 11.0. The molecular formula is C19H17N3O7S2. The first-order valence-electron chi connectivity index (χ1n) is 8.76. The van der Waals surface area contributed by atoms with Crippen LogP contribution in [0.4, 0.5) is 0 Å². The van der Waals surface area contributed by atoms with E-state index in [1.807, 2.05) is 0 Å². The van der Waals surface area contributed by atoms with Crippen LogP contribution in [0, 0.1) is 0 Å². The Hall–Kier alpha value is -3.38. The van der Waals surface area contributed by atoms with Gasteiger partial charge in [-0.05, 0) is 42.0 Å². The molecule has 2 aromatic rings. The van der Waals surface area contributed by atoms with Crippen LogP contribution in [0.15, 0.2) is 63.6 Å². The highest BCUT2D eigenvalue weighted by molar-refractivity contribution is 8.15. The van der Waals surface area contributed by atoms with Crippen molar-refractivity contribution in [1.29, 1.82) is 0 Å². The molecule has 0 spiro atoms. The number of amides is 1. The molecule has 1 amide bonds. The molecule has 2 aromatic carbocycles. The number of benzene rings is 2. The molecule has 0 unspecified atom stereocenters. The van der Waals surface area contributed by atoms with Gasteiger partial charge in [0.2, 0.25) is 5.91 Å². The molecule has 1 atom stereocenters. The minimum Gasteiger partial charge on any atom is -0.497 e. The van der Waals surface area contributed by atoms with Crippen LogP contribution in [-0.4, -0.2) is 49.1 Å². The summed E-state index contributed by atoms with van der Waals surface area (Å²) in [4.78, 5) is 22.4. The van der Waals surface area contributed by atoms with E-state index >= 15 is 0 Å². The fourth-order valence-corrected chi connectivity index (χ4v) is 4.29. The summed E-state index contributed by atoms with van der Waals surface area (Å²) in [6, 6.07) is 12.0. The van der Waals surface area contributed by atoms with E-state index < -0.39 is 27.2 Å². The van der Waals surface area contributed by atoms with Gasteiger partial charge < -0.3 is 19.3 Å². The Morgan fingerprint density at radius 1 is 1.23 bits per heavy atom. The molecule has 0 radical (unpaired) electrons. The topological polar surface area (TPSA) is 144 Å². The third-order valence-corrected chi connectivity index (χ3v) is 6.24.